The van der Waals surface area contributed by atoms with Crippen molar-refractivity contribution in [2.45, 2.75) is 46.3 Å². The summed E-state index contributed by atoms with van der Waals surface area (Å²) in [4.78, 5) is 2.55. The Morgan fingerprint density at radius 2 is 2.29 bits per heavy atom. The molecule has 21 heavy (non-hydrogen) atoms. The maximum absolute atomic E-state index is 5.84. The third kappa shape index (κ3) is 4.76. The SMILES string of the molecule is CC(C)(C)C1CC(COCc2cn[nH]n2)N(CCCN)C1. The predicted molar refractivity (Wildman–Crippen MR) is 82.6 cm³/mol. The van der Waals surface area contributed by atoms with Crippen molar-refractivity contribution >= 4 is 0 Å². The third-order valence-electron chi connectivity index (χ3n) is 4.43. The lowest BCUT2D eigenvalue weighted by Crippen LogP contribution is -2.35. The zero-order chi connectivity index (χ0) is 15.3. The molecule has 120 valence electrons. The van der Waals surface area contributed by atoms with Crippen LogP contribution in [-0.4, -0.2) is 52.6 Å². The molecule has 1 aliphatic rings. The molecule has 2 rings (SSSR count). The van der Waals surface area contributed by atoms with Gasteiger partial charge in [-0.1, -0.05) is 20.8 Å². The topological polar surface area (TPSA) is 80.1 Å². The second-order valence-electron chi connectivity index (χ2n) is 7.07. The first-order valence-corrected chi connectivity index (χ1v) is 7.87. The number of hydrogen-bond donors (Lipinski definition) is 2. The van der Waals surface area contributed by atoms with Crippen LogP contribution in [0.15, 0.2) is 6.20 Å². The molecule has 6 nitrogen and oxygen atoms in total. The van der Waals surface area contributed by atoms with Crippen LogP contribution in [0.2, 0.25) is 0 Å². The van der Waals surface area contributed by atoms with Crippen LogP contribution >= 0.6 is 0 Å². The van der Waals surface area contributed by atoms with Gasteiger partial charge in [0, 0.05) is 12.6 Å². The van der Waals surface area contributed by atoms with Crippen molar-refractivity contribution in [3.63, 3.8) is 0 Å². The maximum Gasteiger partial charge on any atom is 0.108 e. The molecule has 0 bridgehead atoms. The first kappa shape index (κ1) is 16.4. The van der Waals surface area contributed by atoms with Crippen molar-refractivity contribution in [3.05, 3.63) is 11.9 Å². The lowest BCUT2D eigenvalue weighted by molar-refractivity contribution is 0.0649. The quantitative estimate of drug-likeness (QED) is 0.795. The van der Waals surface area contributed by atoms with E-state index in [0.29, 0.717) is 18.1 Å². The summed E-state index contributed by atoms with van der Waals surface area (Å²) in [6.45, 7) is 11.2. The Morgan fingerprint density at radius 1 is 1.48 bits per heavy atom. The van der Waals surface area contributed by atoms with Gasteiger partial charge in [-0.2, -0.15) is 15.4 Å². The fraction of sp³-hybridized carbons (Fsp3) is 0.867. The van der Waals surface area contributed by atoms with Gasteiger partial charge in [0.2, 0.25) is 0 Å². The highest BCUT2D eigenvalue weighted by Crippen LogP contribution is 2.36. The Labute approximate surface area is 127 Å². The first-order valence-electron chi connectivity index (χ1n) is 7.87. The highest BCUT2D eigenvalue weighted by atomic mass is 16.5. The van der Waals surface area contributed by atoms with Gasteiger partial charge in [-0.25, -0.2) is 0 Å². The zero-order valence-corrected chi connectivity index (χ0v) is 13.5. The van der Waals surface area contributed by atoms with Crippen LogP contribution in [0.3, 0.4) is 0 Å². The molecule has 0 amide bonds. The fourth-order valence-corrected chi connectivity index (χ4v) is 2.95. The summed E-state index contributed by atoms with van der Waals surface area (Å²) in [6, 6.07) is 0.493. The summed E-state index contributed by atoms with van der Waals surface area (Å²) in [5, 5.41) is 10.4. The first-order chi connectivity index (χ1) is 10.0. The van der Waals surface area contributed by atoms with E-state index in [9.17, 15) is 0 Å². The van der Waals surface area contributed by atoms with Crippen LogP contribution in [0, 0.1) is 11.3 Å². The number of likely N-dealkylation sites (tertiary alicyclic amines) is 1. The average molecular weight is 295 g/mol. The van der Waals surface area contributed by atoms with Crippen LogP contribution in [0.5, 0.6) is 0 Å². The Morgan fingerprint density at radius 3 is 2.90 bits per heavy atom. The van der Waals surface area contributed by atoms with Crippen molar-refractivity contribution in [3.8, 4) is 0 Å². The zero-order valence-electron chi connectivity index (χ0n) is 13.5. The summed E-state index contributed by atoms with van der Waals surface area (Å²) < 4.78 is 5.84. The van der Waals surface area contributed by atoms with Gasteiger partial charge in [0.05, 0.1) is 19.4 Å². The molecule has 0 saturated carbocycles. The molecule has 1 aromatic rings. The van der Waals surface area contributed by atoms with Gasteiger partial charge in [0.15, 0.2) is 0 Å². The highest BCUT2D eigenvalue weighted by molar-refractivity contribution is 4.91. The maximum atomic E-state index is 5.84. The smallest absolute Gasteiger partial charge is 0.108 e. The second kappa shape index (κ2) is 7.33. The minimum atomic E-state index is 0.349. The molecule has 1 aromatic heterocycles. The molecular weight excluding hydrogens is 266 g/mol. The Bertz CT molecular complexity index is 401. The van der Waals surface area contributed by atoms with E-state index in [0.717, 1.165) is 44.3 Å². The van der Waals surface area contributed by atoms with Gasteiger partial charge in [-0.3, -0.25) is 4.90 Å². The molecule has 1 fully saturated rings. The van der Waals surface area contributed by atoms with E-state index < -0.39 is 0 Å². The molecule has 1 aliphatic heterocycles. The molecule has 0 spiro atoms. The van der Waals surface area contributed by atoms with Crippen molar-refractivity contribution in [2.24, 2.45) is 17.1 Å². The minimum Gasteiger partial charge on any atom is -0.373 e. The standard InChI is InChI=1S/C15H29N5O/c1-15(2,3)12-7-14(20(9-12)6-4-5-16)11-21-10-13-8-17-19-18-13/h8,12,14H,4-7,9-11,16H2,1-3H3,(H,17,18,19). The van der Waals surface area contributed by atoms with Crippen molar-refractivity contribution in [1.82, 2.24) is 20.3 Å². The summed E-state index contributed by atoms with van der Waals surface area (Å²) in [5.41, 5.74) is 6.86. The summed E-state index contributed by atoms with van der Waals surface area (Å²) in [7, 11) is 0. The molecule has 3 N–H and O–H groups in total. The van der Waals surface area contributed by atoms with Crippen molar-refractivity contribution < 1.29 is 4.74 Å². The average Bonchev–Trinajstić information content (AvgIpc) is 3.05. The number of H-pyrrole nitrogens is 1. The van der Waals surface area contributed by atoms with Gasteiger partial charge in [-0.15, -0.1) is 0 Å². The molecule has 0 radical (unpaired) electrons. The van der Waals surface area contributed by atoms with E-state index in [4.69, 9.17) is 10.5 Å². The van der Waals surface area contributed by atoms with Crippen LogP contribution in [0.25, 0.3) is 0 Å². The fourth-order valence-electron chi connectivity index (χ4n) is 2.95. The van der Waals surface area contributed by atoms with E-state index in [2.05, 4.69) is 41.1 Å². The largest absolute Gasteiger partial charge is 0.373 e. The third-order valence-corrected chi connectivity index (χ3v) is 4.43. The Hall–Kier alpha value is -0.980. The van der Waals surface area contributed by atoms with E-state index in [1.807, 2.05) is 0 Å². The van der Waals surface area contributed by atoms with Crippen LogP contribution in [0.1, 0.15) is 39.3 Å². The molecule has 0 aliphatic carbocycles. The molecular formula is C15H29N5O. The summed E-state index contributed by atoms with van der Waals surface area (Å²) in [6.07, 6.45) is 3.96. The number of nitrogens with one attached hydrogen (secondary N) is 1. The highest BCUT2D eigenvalue weighted by Gasteiger charge is 2.37. The van der Waals surface area contributed by atoms with Crippen molar-refractivity contribution in [2.75, 3.05) is 26.2 Å². The normalized spacial score (nSPS) is 23.8. The minimum absolute atomic E-state index is 0.349. The van der Waals surface area contributed by atoms with Gasteiger partial charge >= 0.3 is 0 Å². The number of nitrogens with two attached hydrogens (primary N) is 1. The number of hydrogen-bond acceptors (Lipinski definition) is 5. The van der Waals surface area contributed by atoms with Crippen LogP contribution < -0.4 is 5.73 Å². The van der Waals surface area contributed by atoms with Gasteiger partial charge in [0.1, 0.15) is 5.69 Å². The van der Waals surface area contributed by atoms with E-state index >= 15 is 0 Å². The van der Waals surface area contributed by atoms with Gasteiger partial charge in [0.25, 0.3) is 0 Å². The molecule has 6 heteroatoms. The Balaban J connectivity index is 1.84. The lowest BCUT2D eigenvalue weighted by atomic mass is 9.79. The number of aromatic nitrogens is 3. The number of nitrogens with zero attached hydrogens (tertiary/aromatic N) is 3. The second-order valence-corrected chi connectivity index (χ2v) is 7.07. The lowest BCUT2D eigenvalue weighted by Gasteiger charge is -2.27. The van der Waals surface area contributed by atoms with Gasteiger partial charge < -0.3 is 10.5 Å². The number of ether oxygens (including phenoxy) is 1. The molecule has 0 aromatic carbocycles. The molecule has 1 saturated heterocycles. The van der Waals surface area contributed by atoms with Crippen LogP contribution in [0.4, 0.5) is 0 Å². The number of rotatable bonds is 7. The predicted octanol–water partition coefficient (Wildman–Crippen LogP) is 1.41. The van der Waals surface area contributed by atoms with E-state index in [1.165, 1.54) is 6.42 Å². The van der Waals surface area contributed by atoms with Crippen LogP contribution in [-0.2, 0) is 11.3 Å². The summed E-state index contributed by atoms with van der Waals surface area (Å²) in [5.74, 6) is 0.718. The van der Waals surface area contributed by atoms with E-state index in [-0.39, 0.29) is 0 Å². The molecule has 2 atom stereocenters. The molecule has 2 heterocycles. The summed E-state index contributed by atoms with van der Waals surface area (Å²) >= 11 is 0. The van der Waals surface area contributed by atoms with Crippen molar-refractivity contribution in [1.29, 1.82) is 0 Å². The van der Waals surface area contributed by atoms with E-state index in [1.54, 1.807) is 6.20 Å². The molecule has 2 unspecified atom stereocenters. The van der Waals surface area contributed by atoms with Gasteiger partial charge in [-0.05, 0) is 37.3 Å². The monoisotopic (exact) mass is 295 g/mol. The number of aromatic amines is 1. The Kier molecular flexibility index (Phi) is 5.72.